The van der Waals surface area contributed by atoms with Crippen LogP contribution in [-0.4, -0.2) is 6.29 Å². The summed E-state index contributed by atoms with van der Waals surface area (Å²) in [5, 5.41) is 0. The molecule has 1 nitrogen and oxygen atoms in total. The number of hydrogen-bond donors (Lipinski definition) is 0. The van der Waals surface area contributed by atoms with Crippen LogP contribution in [0.2, 0.25) is 0 Å². The average molecular weight is 202 g/mol. The second-order valence-electron chi connectivity index (χ2n) is 4.53. The zero-order valence-electron chi connectivity index (χ0n) is 9.28. The molecule has 1 heteroatoms. The summed E-state index contributed by atoms with van der Waals surface area (Å²) in [7, 11) is 0. The maximum Gasteiger partial charge on any atom is 0.150 e. The minimum atomic E-state index is 0.775. The first-order chi connectivity index (χ1) is 7.35. The van der Waals surface area contributed by atoms with Crippen LogP contribution in [0.3, 0.4) is 0 Å². The predicted octanol–water partition coefficient (Wildman–Crippen LogP) is 3.79. The van der Waals surface area contributed by atoms with E-state index in [-0.39, 0.29) is 0 Å². The fraction of sp³-hybridized carbons (Fsp3) is 0.500. The highest BCUT2D eigenvalue weighted by molar-refractivity contribution is 5.74. The second kappa shape index (κ2) is 4.61. The SMILES string of the molecule is CCCC[C@@H]1C[C@H]1c1ccc(C=O)cc1. The summed E-state index contributed by atoms with van der Waals surface area (Å²) in [5.41, 5.74) is 2.20. The average Bonchev–Trinajstić information content (AvgIpc) is 3.06. The van der Waals surface area contributed by atoms with Gasteiger partial charge in [0, 0.05) is 5.56 Å². The van der Waals surface area contributed by atoms with Crippen molar-refractivity contribution in [1.29, 1.82) is 0 Å². The van der Waals surface area contributed by atoms with Crippen LogP contribution < -0.4 is 0 Å². The van der Waals surface area contributed by atoms with Gasteiger partial charge < -0.3 is 0 Å². The Morgan fingerprint density at radius 1 is 1.33 bits per heavy atom. The van der Waals surface area contributed by atoms with Crippen LogP contribution in [0.15, 0.2) is 24.3 Å². The van der Waals surface area contributed by atoms with E-state index in [0.29, 0.717) is 0 Å². The minimum absolute atomic E-state index is 0.775. The lowest BCUT2D eigenvalue weighted by molar-refractivity contribution is 0.112. The van der Waals surface area contributed by atoms with E-state index in [9.17, 15) is 4.79 Å². The summed E-state index contributed by atoms with van der Waals surface area (Å²) in [4.78, 5) is 10.5. The Kier molecular flexibility index (Phi) is 3.20. The third-order valence-corrected chi connectivity index (χ3v) is 3.35. The van der Waals surface area contributed by atoms with Crippen molar-refractivity contribution >= 4 is 6.29 Å². The summed E-state index contributed by atoms with van der Waals surface area (Å²) in [6.45, 7) is 2.25. The zero-order chi connectivity index (χ0) is 10.7. The Morgan fingerprint density at radius 2 is 2.07 bits per heavy atom. The number of benzene rings is 1. The molecule has 0 radical (unpaired) electrons. The zero-order valence-corrected chi connectivity index (χ0v) is 9.28. The highest BCUT2D eigenvalue weighted by Gasteiger charge is 2.36. The summed E-state index contributed by atoms with van der Waals surface area (Å²) in [5.74, 6) is 1.68. The Labute approximate surface area is 91.5 Å². The van der Waals surface area contributed by atoms with Crippen LogP contribution in [0, 0.1) is 5.92 Å². The van der Waals surface area contributed by atoms with E-state index in [1.54, 1.807) is 0 Å². The minimum Gasteiger partial charge on any atom is -0.298 e. The monoisotopic (exact) mass is 202 g/mol. The summed E-state index contributed by atoms with van der Waals surface area (Å²) < 4.78 is 0. The number of carbonyl (C=O) groups is 1. The summed E-state index contributed by atoms with van der Waals surface area (Å²) in [6.07, 6.45) is 6.28. The van der Waals surface area contributed by atoms with Crippen LogP contribution in [0.4, 0.5) is 0 Å². The van der Waals surface area contributed by atoms with Crippen molar-refractivity contribution in [3.63, 3.8) is 0 Å². The van der Waals surface area contributed by atoms with Gasteiger partial charge in [-0.3, -0.25) is 4.79 Å². The summed E-state index contributed by atoms with van der Waals surface area (Å²) in [6, 6.07) is 8.08. The van der Waals surface area contributed by atoms with Gasteiger partial charge in [0.25, 0.3) is 0 Å². The highest BCUT2D eigenvalue weighted by atomic mass is 16.1. The van der Waals surface area contributed by atoms with Crippen molar-refractivity contribution < 1.29 is 4.79 Å². The van der Waals surface area contributed by atoms with Gasteiger partial charge in [-0.15, -0.1) is 0 Å². The number of hydrogen-bond acceptors (Lipinski definition) is 1. The molecule has 0 amide bonds. The lowest BCUT2D eigenvalue weighted by Gasteiger charge is -2.00. The molecule has 0 unspecified atom stereocenters. The first-order valence-electron chi connectivity index (χ1n) is 5.90. The van der Waals surface area contributed by atoms with Crippen LogP contribution in [0.25, 0.3) is 0 Å². The van der Waals surface area contributed by atoms with Crippen LogP contribution in [-0.2, 0) is 0 Å². The molecule has 1 aromatic rings. The topological polar surface area (TPSA) is 17.1 Å². The third kappa shape index (κ3) is 2.47. The molecule has 80 valence electrons. The molecule has 2 atom stereocenters. The van der Waals surface area contributed by atoms with Crippen molar-refractivity contribution in [2.45, 2.75) is 38.5 Å². The first-order valence-corrected chi connectivity index (χ1v) is 5.90. The van der Waals surface area contributed by atoms with E-state index >= 15 is 0 Å². The lowest BCUT2D eigenvalue weighted by atomic mass is 10.0. The molecule has 0 heterocycles. The van der Waals surface area contributed by atoms with E-state index in [4.69, 9.17) is 0 Å². The molecule has 0 spiro atoms. The van der Waals surface area contributed by atoms with Crippen LogP contribution >= 0.6 is 0 Å². The molecule has 1 aliphatic carbocycles. The van der Waals surface area contributed by atoms with Gasteiger partial charge in [0.2, 0.25) is 0 Å². The molecule has 1 aliphatic rings. The second-order valence-corrected chi connectivity index (χ2v) is 4.53. The van der Waals surface area contributed by atoms with Gasteiger partial charge in [-0.05, 0) is 30.2 Å². The van der Waals surface area contributed by atoms with Gasteiger partial charge in [0.05, 0.1) is 0 Å². The fourth-order valence-corrected chi connectivity index (χ4v) is 2.26. The Morgan fingerprint density at radius 3 is 2.67 bits per heavy atom. The Hall–Kier alpha value is -1.11. The van der Waals surface area contributed by atoms with Gasteiger partial charge in [-0.2, -0.15) is 0 Å². The molecular weight excluding hydrogens is 184 g/mol. The normalized spacial score (nSPS) is 23.8. The first kappa shape index (κ1) is 10.4. The maximum atomic E-state index is 10.5. The number of unbranched alkanes of at least 4 members (excludes halogenated alkanes) is 1. The van der Waals surface area contributed by atoms with Crippen molar-refractivity contribution in [3.05, 3.63) is 35.4 Å². The van der Waals surface area contributed by atoms with Crippen LogP contribution in [0.5, 0.6) is 0 Å². The van der Waals surface area contributed by atoms with Gasteiger partial charge in [-0.25, -0.2) is 0 Å². The van der Waals surface area contributed by atoms with Crippen molar-refractivity contribution in [2.75, 3.05) is 0 Å². The number of aldehydes is 1. The Bertz CT molecular complexity index is 326. The van der Waals surface area contributed by atoms with Crippen LogP contribution in [0.1, 0.15) is 54.4 Å². The number of rotatable bonds is 5. The highest BCUT2D eigenvalue weighted by Crippen LogP contribution is 2.50. The molecule has 1 saturated carbocycles. The molecule has 0 N–H and O–H groups in total. The maximum absolute atomic E-state index is 10.5. The molecule has 2 rings (SSSR count). The number of carbonyl (C=O) groups excluding carboxylic acids is 1. The fourth-order valence-electron chi connectivity index (χ4n) is 2.26. The molecule has 0 aliphatic heterocycles. The van der Waals surface area contributed by atoms with Crippen molar-refractivity contribution in [3.8, 4) is 0 Å². The van der Waals surface area contributed by atoms with Crippen molar-refractivity contribution in [2.24, 2.45) is 5.92 Å². The molecule has 15 heavy (non-hydrogen) atoms. The van der Waals surface area contributed by atoms with Gasteiger partial charge in [0.1, 0.15) is 6.29 Å². The van der Waals surface area contributed by atoms with Gasteiger partial charge in [0.15, 0.2) is 0 Å². The van der Waals surface area contributed by atoms with Gasteiger partial charge >= 0.3 is 0 Å². The van der Waals surface area contributed by atoms with E-state index < -0.39 is 0 Å². The third-order valence-electron chi connectivity index (χ3n) is 3.35. The van der Waals surface area contributed by atoms with E-state index in [0.717, 1.165) is 23.7 Å². The van der Waals surface area contributed by atoms with Crippen molar-refractivity contribution in [1.82, 2.24) is 0 Å². The molecule has 0 bridgehead atoms. The molecule has 1 aromatic carbocycles. The molecular formula is C14H18O. The quantitative estimate of drug-likeness (QED) is 0.664. The Balaban J connectivity index is 1.92. The van der Waals surface area contributed by atoms with E-state index in [1.165, 1.54) is 31.2 Å². The largest absolute Gasteiger partial charge is 0.298 e. The smallest absolute Gasteiger partial charge is 0.150 e. The molecule has 1 fully saturated rings. The predicted molar refractivity (Wildman–Crippen MR) is 62.2 cm³/mol. The van der Waals surface area contributed by atoms with Gasteiger partial charge in [-0.1, -0.05) is 44.0 Å². The standard InChI is InChI=1S/C14H18O/c1-2-3-4-13-9-14(13)12-7-5-11(10-15)6-8-12/h5-8,10,13-14H,2-4,9H2,1H3/t13-,14+/m1/s1. The van der Waals surface area contributed by atoms with E-state index in [2.05, 4.69) is 19.1 Å². The van der Waals surface area contributed by atoms with E-state index in [1.807, 2.05) is 12.1 Å². The lowest BCUT2D eigenvalue weighted by Crippen LogP contribution is -1.86. The summed E-state index contributed by atoms with van der Waals surface area (Å²) >= 11 is 0. The molecule has 0 aromatic heterocycles. The molecule has 0 saturated heterocycles.